The molecule has 0 bridgehead atoms. The molecule has 0 unspecified atom stereocenters. The first-order valence-corrected chi connectivity index (χ1v) is 35.8. The van der Waals surface area contributed by atoms with Gasteiger partial charge in [0, 0.05) is 17.5 Å². The van der Waals surface area contributed by atoms with Crippen molar-refractivity contribution in [3.63, 3.8) is 0 Å². The molecular weight excluding hydrogens is 1150 g/mol. The summed E-state index contributed by atoms with van der Waals surface area (Å²) in [6, 6.07) is 129. The molecule has 15 rings (SSSR count). The first-order valence-electron chi connectivity index (χ1n) is 30.4. The Morgan fingerprint density at radius 2 is 0.427 bits per heavy atom. The van der Waals surface area contributed by atoms with E-state index in [1.165, 1.54) is 96.3 Å². The fourth-order valence-corrected chi connectivity index (χ4v) is 22.2. The van der Waals surface area contributed by atoms with Gasteiger partial charge in [-0.25, -0.2) is 0 Å². The molecule has 0 spiro atoms. The van der Waals surface area contributed by atoms with Gasteiger partial charge in [0.15, 0.2) is 0 Å². The first-order chi connectivity index (χ1) is 44.2. The van der Waals surface area contributed by atoms with Crippen molar-refractivity contribution in [2.75, 3.05) is 13.2 Å². The molecule has 6 heteroatoms. The van der Waals surface area contributed by atoms with Gasteiger partial charge in [-0.05, 0) is 140 Å². The van der Waals surface area contributed by atoms with E-state index in [4.69, 9.17) is 9.47 Å². The topological polar surface area (TPSA) is 18.5 Å². The molecule has 1 aliphatic heterocycles. The van der Waals surface area contributed by atoms with Crippen LogP contribution in [0.25, 0.3) is 43.8 Å². The summed E-state index contributed by atoms with van der Waals surface area (Å²) in [6.45, 7) is 1.22. The van der Waals surface area contributed by atoms with E-state index < -0.39 is 31.7 Å². The maximum absolute atomic E-state index is 6.61. The minimum atomic E-state index is -0.883. The zero-order valence-electron chi connectivity index (χ0n) is 49.2. The normalized spacial score (nSPS) is 12.0. The van der Waals surface area contributed by atoms with Crippen LogP contribution in [0.3, 0.4) is 0 Å². The van der Waals surface area contributed by atoms with Crippen LogP contribution >= 0.6 is 31.7 Å². The van der Waals surface area contributed by atoms with E-state index >= 15 is 0 Å². The van der Waals surface area contributed by atoms with E-state index in [2.05, 4.69) is 352 Å². The lowest BCUT2D eigenvalue weighted by Crippen LogP contribution is -2.26. The highest BCUT2D eigenvalue weighted by molar-refractivity contribution is 7.81. The van der Waals surface area contributed by atoms with E-state index in [1.807, 2.05) is 0 Å². The van der Waals surface area contributed by atoms with Gasteiger partial charge in [-0.1, -0.05) is 340 Å². The van der Waals surface area contributed by atoms with Crippen LogP contribution in [0.15, 0.2) is 352 Å². The summed E-state index contributed by atoms with van der Waals surface area (Å²) >= 11 is 0. The number of benzene rings is 14. The Kier molecular flexibility index (Phi) is 17.8. The predicted molar refractivity (Wildman–Crippen MR) is 389 cm³/mol. The van der Waals surface area contributed by atoms with Crippen molar-refractivity contribution in [3.05, 3.63) is 352 Å². The maximum Gasteiger partial charge on any atom is 0.127 e. The van der Waals surface area contributed by atoms with Gasteiger partial charge in [0.25, 0.3) is 0 Å². The molecule has 428 valence electrons. The third-order valence-corrected chi connectivity index (χ3v) is 26.1. The Labute approximate surface area is 528 Å². The predicted octanol–water partition coefficient (Wildman–Crippen LogP) is 16.2. The highest BCUT2D eigenvalue weighted by Gasteiger charge is 2.32. The summed E-state index contributed by atoms with van der Waals surface area (Å²) in [5, 5.41) is 21.1. The highest BCUT2D eigenvalue weighted by Crippen LogP contribution is 2.49. The summed E-state index contributed by atoms with van der Waals surface area (Å²) in [7, 11) is -3.47. The lowest BCUT2D eigenvalue weighted by molar-refractivity contribution is 0.252. The van der Waals surface area contributed by atoms with Gasteiger partial charge in [0.2, 0.25) is 0 Å². The Morgan fingerprint density at radius 1 is 0.191 bits per heavy atom. The van der Waals surface area contributed by atoms with Gasteiger partial charge < -0.3 is 9.47 Å². The molecule has 0 radical (unpaired) electrons. The Morgan fingerprint density at radius 3 is 0.697 bits per heavy atom. The van der Waals surface area contributed by atoms with Crippen LogP contribution in [0.2, 0.25) is 0 Å². The molecule has 0 N–H and O–H groups in total. The van der Waals surface area contributed by atoms with Crippen LogP contribution < -0.4 is 73.1 Å². The number of rotatable bonds is 13. The molecule has 0 aliphatic carbocycles. The van der Waals surface area contributed by atoms with Crippen molar-refractivity contribution < 1.29 is 9.47 Å². The molecular formula is C83H64O2P4. The lowest BCUT2D eigenvalue weighted by atomic mass is 9.93. The van der Waals surface area contributed by atoms with Crippen LogP contribution in [0.4, 0.5) is 0 Å². The molecule has 14 aromatic carbocycles. The molecule has 1 aliphatic rings. The van der Waals surface area contributed by atoms with E-state index in [9.17, 15) is 0 Å². The Balaban J connectivity index is 0.000000156. The number of ether oxygens (including phenoxy) is 2. The van der Waals surface area contributed by atoms with Crippen LogP contribution in [-0.4, -0.2) is 13.2 Å². The minimum absolute atomic E-state index is 0.612. The molecule has 0 fully saturated rings. The van der Waals surface area contributed by atoms with Crippen molar-refractivity contribution >= 4 is 117 Å². The largest absolute Gasteiger partial charge is 0.493 e. The molecule has 1 heterocycles. The summed E-state index contributed by atoms with van der Waals surface area (Å²) < 4.78 is 13.2. The number of hydrogen-bond donors (Lipinski definition) is 0. The molecule has 0 saturated heterocycles. The molecule has 2 nitrogen and oxygen atoms in total. The second-order valence-electron chi connectivity index (χ2n) is 21.7. The van der Waals surface area contributed by atoms with Crippen molar-refractivity contribution in [2.24, 2.45) is 0 Å². The van der Waals surface area contributed by atoms with Gasteiger partial charge in [-0.15, -0.1) is 0 Å². The van der Waals surface area contributed by atoms with Gasteiger partial charge >= 0.3 is 0 Å². The standard InChI is InChI=1S/C44H32P2.C39H32O2P2/c1-5-19-35(20-6-1)45(36-21-7-2-8-22-36)41-31-29-33-17-13-15-27-39(33)43(41)44-40-28-16-14-18-34(40)30-32-42(44)46(37-23-9-3-10-24-37)38-25-11-4-12-26-38;1-5-16-30(17-6-1)42(31-18-7-2-8-19-31)36-26-13-24-34-38(36)39-35(41-29-15-28-40-34)25-14-27-37(39)43(32-20-9-3-10-21-32)33-22-11-4-12-23-33/h1-32H;1-14,16-27H,15,28-29H2. The second kappa shape index (κ2) is 27.5. The first kappa shape index (κ1) is 57.7. The number of fused-ring (bicyclic) bond motifs is 5. The van der Waals surface area contributed by atoms with Crippen molar-refractivity contribution in [2.45, 2.75) is 6.42 Å². The zero-order chi connectivity index (χ0) is 59.6. The van der Waals surface area contributed by atoms with Crippen LogP contribution in [0.1, 0.15) is 6.42 Å². The SMILES string of the molecule is c1ccc(P(c2ccccc2)c2ccc3ccccc3c2-c2c(P(c3ccccc3)c3ccccc3)ccc3ccccc23)cc1.c1ccc(P(c2ccccc2)c2cccc3c2-c2c(cccc2P(c2ccccc2)c2ccccc2)OCCCO3)cc1. The summed E-state index contributed by atoms with van der Waals surface area (Å²) in [6.07, 6.45) is 0.825. The van der Waals surface area contributed by atoms with Crippen LogP contribution in [0, 0.1) is 0 Å². The zero-order valence-corrected chi connectivity index (χ0v) is 52.8. The summed E-state index contributed by atoms with van der Waals surface area (Å²) in [5.74, 6) is 1.85. The molecule has 0 atom stereocenters. The van der Waals surface area contributed by atoms with E-state index in [1.54, 1.807) is 0 Å². The Hall–Kier alpha value is -9.08. The average molecular weight is 1220 g/mol. The fourth-order valence-electron chi connectivity index (χ4n) is 12.3. The number of hydrogen-bond acceptors (Lipinski definition) is 2. The molecule has 0 amide bonds. The monoisotopic (exact) mass is 1220 g/mol. The Bertz CT molecular complexity index is 4180. The van der Waals surface area contributed by atoms with Crippen LogP contribution in [0.5, 0.6) is 11.5 Å². The summed E-state index contributed by atoms with van der Waals surface area (Å²) in [5.41, 5.74) is 4.99. The third-order valence-electron chi connectivity index (χ3n) is 16.2. The molecule has 89 heavy (non-hydrogen) atoms. The third kappa shape index (κ3) is 12.3. The molecule has 0 aromatic heterocycles. The van der Waals surface area contributed by atoms with Gasteiger partial charge in [-0.3, -0.25) is 0 Å². The molecule has 14 aromatic rings. The quantitative estimate of drug-likeness (QED) is 0.107. The van der Waals surface area contributed by atoms with Gasteiger partial charge in [0.1, 0.15) is 11.5 Å². The second-order valence-corrected chi connectivity index (χ2v) is 30.5. The van der Waals surface area contributed by atoms with Gasteiger partial charge in [0.05, 0.1) is 13.2 Å². The van der Waals surface area contributed by atoms with Crippen molar-refractivity contribution in [1.29, 1.82) is 0 Å². The smallest absolute Gasteiger partial charge is 0.127 e. The maximum atomic E-state index is 6.61. The fraction of sp³-hybridized carbons (Fsp3) is 0.0361. The van der Waals surface area contributed by atoms with Crippen LogP contribution in [-0.2, 0) is 0 Å². The average Bonchev–Trinajstić information content (AvgIpc) is 1.10. The lowest BCUT2D eigenvalue weighted by Gasteiger charge is -2.28. The van der Waals surface area contributed by atoms with E-state index in [-0.39, 0.29) is 0 Å². The minimum Gasteiger partial charge on any atom is -0.493 e. The van der Waals surface area contributed by atoms with E-state index in [0.717, 1.165) is 29.0 Å². The van der Waals surface area contributed by atoms with Crippen molar-refractivity contribution in [3.8, 4) is 33.8 Å². The molecule has 0 saturated carbocycles. The highest BCUT2D eigenvalue weighted by atomic mass is 31.1. The van der Waals surface area contributed by atoms with Gasteiger partial charge in [-0.2, -0.15) is 0 Å². The van der Waals surface area contributed by atoms with Crippen molar-refractivity contribution in [1.82, 2.24) is 0 Å². The summed E-state index contributed by atoms with van der Waals surface area (Å²) in [4.78, 5) is 0. The van der Waals surface area contributed by atoms with E-state index in [0.29, 0.717) is 13.2 Å².